The van der Waals surface area contributed by atoms with Crippen LogP contribution in [-0.4, -0.2) is 47.2 Å². The highest BCUT2D eigenvalue weighted by atomic mass is 79.9. The summed E-state index contributed by atoms with van der Waals surface area (Å²) in [6.07, 6.45) is 1.36. The molecule has 0 aromatic carbocycles. The maximum atomic E-state index is 11.4. The average molecular weight is 303 g/mol. The first kappa shape index (κ1) is 11.5. The van der Waals surface area contributed by atoms with Crippen LogP contribution >= 0.6 is 27.3 Å². The number of carbonyl (C=O) groups excluding carboxylic acids is 1. The molecule has 0 spiro atoms. The van der Waals surface area contributed by atoms with Crippen LogP contribution in [0.1, 0.15) is 0 Å². The summed E-state index contributed by atoms with van der Waals surface area (Å²) in [4.78, 5) is 15.3. The minimum atomic E-state index is -0.00176. The predicted molar refractivity (Wildman–Crippen MR) is 66.6 cm³/mol. The van der Waals surface area contributed by atoms with E-state index in [0.717, 1.165) is 22.1 Å². The Labute approximate surface area is 106 Å². The van der Waals surface area contributed by atoms with Gasteiger partial charge in [0, 0.05) is 26.2 Å². The zero-order valence-corrected chi connectivity index (χ0v) is 11.0. The Kier molecular flexibility index (Phi) is 3.55. The largest absolute Gasteiger partial charge is 0.343 e. The second-order valence-corrected chi connectivity index (χ2v) is 5.59. The number of anilines is 1. The van der Waals surface area contributed by atoms with E-state index < -0.39 is 0 Å². The van der Waals surface area contributed by atoms with Crippen molar-refractivity contribution < 1.29 is 4.79 Å². The molecule has 1 aromatic heterocycles. The summed E-state index contributed by atoms with van der Waals surface area (Å²) in [6.45, 7) is 6.49. The molecule has 86 valence electrons. The van der Waals surface area contributed by atoms with E-state index in [2.05, 4.69) is 37.6 Å². The number of hydrogen-bond acceptors (Lipinski definition) is 5. The van der Waals surface area contributed by atoms with Crippen molar-refractivity contribution in [2.45, 2.75) is 0 Å². The number of rotatable bonds is 2. The summed E-state index contributed by atoms with van der Waals surface area (Å²) in [5.74, 6) is -0.00176. The molecule has 5 nitrogen and oxygen atoms in total. The van der Waals surface area contributed by atoms with Crippen LogP contribution in [0.3, 0.4) is 0 Å². The Hall–Kier alpha value is -0.950. The quantitative estimate of drug-likeness (QED) is 0.769. The van der Waals surface area contributed by atoms with E-state index in [1.165, 1.54) is 17.4 Å². The fourth-order valence-corrected chi connectivity index (χ4v) is 2.71. The first-order chi connectivity index (χ1) is 7.70. The number of aromatic nitrogens is 2. The Morgan fingerprint density at radius 3 is 2.56 bits per heavy atom. The van der Waals surface area contributed by atoms with Gasteiger partial charge in [0.2, 0.25) is 11.0 Å². The van der Waals surface area contributed by atoms with Crippen LogP contribution in [0, 0.1) is 0 Å². The molecule has 1 aliphatic rings. The molecule has 0 N–H and O–H groups in total. The van der Waals surface area contributed by atoms with Crippen molar-refractivity contribution in [1.82, 2.24) is 15.1 Å². The minimum Gasteiger partial charge on any atom is -0.343 e. The van der Waals surface area contributed by atoms with Crippen molar-refractivity contribution >= 4 is 38.3 Å². The number of carbonyl (C=O) groups is 1. The predicted octanol–water partition coefficient (Wildman–Crippen LogP) is 1.14. The summed E-state index contributed by atoms with van der Waals surface area (Å²) in [6, 6.07) is 0. The Bertz CT molecular complexity index is 400. The van der Waals surface area contributed by atoms with Gasteiger partial charge in [-0.2, -0.15) is 0 Å². The van der Waals surface area contributed by atoms with Crippen molar-refractivity contribution in [2.24, 2.45) is 0 Å². The third kappa shape index (κ3) is 2.41. The normalized spacial score (nSPS) is 16.3. The van der Waals surface area contributed by atoms with E-state index in [0.29, 0.717) is 13.1 Å². The lowest BCUT2D eigenvalue weighted by molar-refractivity contribution is -0.126. The van der Waals surface area contributed by atoms with E-state index in [1.54, 1.807) is 4.90 Å². The zero-order chi connectivity index (χ0) is 11.5. The van der Waals surface area contributed by atoms with E-state index in [-0.39, 0.29) is 5.91 Å². The zero-order valence-electron chi connectivity index (χ0n) is 8.60. The Balaban J connectivity index is 1.95. The van der Waals surface area contributed by atoms with Crippen molar-refractivity contribution in [2.75, 3.05) is 31.1 Å². The van der Waals surface area contributed by atoms with Crippen LogP contribution in [0.15, 0.2) is 16.6 Å². The lowest BCUT2D eigenvalue weighted by Gasteiger charge is -2.33. The molecule has 1 saturated heterocycles. The van der Waals surface area contributed by atoms with Gasteiger partial charge in [0.05, 0.1) is 0 Å². The molecular weight excluding hydrogens is 292 g/mol. The van der Waals surface area contributed by atoms with Crippen molar-refractivity contribution in [3.05, 3.63) is 16.6 Å². The molecule has 0 unspecified atom stereocenters. The van der Waals surface area contributed by atoms with Gasteiger partial charge in [-0.3, -0.25) is 4.79 Å². The number of amides is 1. The van der Waals surface area contributed by atoms with E-state index >= 15 is 0 Å². The van der Waals surface area contributed by atoms with Gasteiger partial charge in [-0.05, 0) is 22.0 Å². The maximum Gasteiger partial charge on any atom is 0.246 e. The first-order valence-electron chi connectivity index (χ1n) is 4.86. The smallest absolute Gasteiger partial charge is 0.246 e. The molecule has 0 saturated carbocycles. The van der Waals surface area contributed by atoms with Crippen LogP contribution < -0.4 is 4.90 Å². The van der Waals surface area contributed by atoms with Gasteiger partial charge in [0.15, 0.2) is 3.92 Å². The van der Waals surface area contributed by atoms with Crippen LogP contribution in [0.5, 0.6) is 0 Å². The van der Waals surface area contributed by atoms with Crippen molar-refractivity contribution in [3.8, 4) is 0 Å². The fourth-order valence-electron chi connectivity index (χ4n) is 1.57. The van der Waals surface area contributed by atoms with Crippen LogP contribution in [0.25, 0.3) is 0 Å². The summed E-state index contributed by atoms with van der Waals surface area (Å²) in [7, 11) is 0. The monoisotopic (exact) mass is 302 g/mol. The molecule has 1 fully saturated rings. The van der Waals surface area contributed by atoms with E-state index in [4.69, 9.17) is 0 Å². The van der Waals surface area contributed by atoms with Gasteiger partial charge in [0.25, 0.3) is 0 Å². The molecule has 0 radical (unpaired) electrons. The molecule has 0 aliphatic carbocycles. The number of nitrogens with zero attached hydrogens (tertiary/aromatic N) is 4. The molecule has 16 heavy (non-hydrogen) atoms. The van der Waals surface area contributed by atoms with Gasteiger partial charge in [-0.15, -0.1) is 10.2 Å². The molecule has 2 heterocycles. The molecule has 1 aromatic rings. The van der Waals surface area contributed by atoms with Gasteiger partial charge in [0.1, 0.15) is 0 Å². The number of piperazine rings is 1. The first-order valence-corrected chi connectivity index (χ1v) is 6.47. The van der Waals surface area contributed by atoms with Crippen LogP contribution in [0.4, 0.5) is 5.13 Å². The fraction of sp³-hybridized carbons (Fsp3) is 0.444. The number of halogens is 1. The molecule has 1 aliphatic heterocycles. The SMILES string of the molecule is C=CC(=O)N1CCN(c2nnc(Br)s2)CC1. The highest BCUT2D eigenvalue weighted by molar-refractivity contribution is 9.11. The molecule has 0 bridgehead atoms. The Morgan fingerprint density at radius 2 is 2.06 bits per heavy atom. The standard InChI is InChI=1S/C9H11BrN4OS/c1-2-7(15)13-3-5-14(6-4-13)9-12-11-8(10)16-9/h2H,1,3-6H2. The molecular formula is C9H11BrN4OS. The Morgan fingerprint density at radius 1 is 1.38 bits per heavy atom. The summed E-state index contributed by atoms with van der Waals surface area (Å²) in [5, 5.41) is 8.86. The highest BCUT2D eigenvalue weighted by Gasteiger charge is 2.21. The van der Waals surface area contributed by atoms with Crippen LogP contribution in [-0.2, 0) is 4.79 Å². The lowest BCUT2D eigenvalue weighted by atomic mass is 10.3. The van der Waals surface area contributed by atoms with Gasteiger partial charge in [-0.25, -0.2) is 0 Å². The van der Waals surface area contributed by atoms with Crippen molar-refractivity contribution in [3.63, 3.8) is 0 Å². The topological polar surface area (TPSA) is 49.3 Å². The minimum absolute atomic E-state index is 0.00176. The van der Waals surface area contributed by atoms with Gasteiger partial charge in [-0.1, -0.05) is 17.9 Å². The third-order valence-corrected chi connectivity index (χ3v) is 3.84. The highest BCUT2D eigenvalue weighted by Crippen LogP contribution is 2.24. The summed E-state index contributed by atoms with van der Waals surface area (Å²) >= 11 is 4.79. The average Bonchev–Trinajstić information content (AvgIpc) is 2.75. The summed E-state index contributed by atoms with van der Waals surface area (Å²) in [5.41, 5.74) is 0. The molecule has 2 rings (SSSR count). The lowest BCUT2D eigenvalue weighted by Crippen LogP contribution is -2.48. The third-order valence-electron chi connectivity index (χ3n) is 2.43. The maximum absolute atomic E-state index is 11.4. The summed E-state index contributed by atoms with van der Waals surface area (Å²) < 4.78 is 0.784. The van der Waals surface area contributed by atoms with E-state index in [1.807, 2.05) is 0 Å². The second-order valence-electron chi connectivity index (χ2n) is 3.35. The molecule has 0 atom stereocenters. The van der Waals surface area contributed by atoms with Gasteiger partial charge >= 0.3 is 0 Å². The molecule has 1 amide bonds. The molecule has 7 heteroatoms. The van der Waals surface area contributed by atoms with Crippen LogP contribution in [0.2, 0.25) is 0 Å². The van der Waals surface area contributed by atoms with E-state index in [9.17, 15) is 4.79 Å². The van der Waals surface area contributed by atoms with Gasteiger partial charge < -0.3 is 9.80 Å². The second kappa shape index (κ2) is 4.92. The number of hydrogen-bond donors (Lipinski definition) is 0. The van der Waals surface area contributed by atoms with Crippen molar-refractivity contribution in [1.29, 1.82) is 0 Å².